The Morgan fingerprint density at radius 2 is 2.02 bits per heavy atom. The van der Waals surface area contributed by atoms with Crippen LogP contribution in [0.3, 0.4) is 0 Å². The van der Waals surface area contributed by atoms with Gasteiger partial charge in [0.05, 0.1) is 23.0 Å². The van der Waals surface area contributed by atoms with Gasteiger partial charge in [-0.15, -0.1) is 0 Å². The maximum atomic E-state index is 13.6. The van der Waals surface area contributed by atoms with Gasteiger partial charge < -0.3 is 14.0 Å². The number of hydrogen-bond donors (Lipinski definition) is 0. The van der Waals surface area contributed by atoms with Crippen LogP contribution in [0.1, 0.15) is 49.5 Å². The number of aromatic nitrogens is 3. The first-order valence-electron chi connectivity index (χ1n) is 13.1. The highest BCUT2D eigenvalue weighted by Gasteiger charge is 2.22. The molecule has 216 valence electrons. The molecule has 12 nitrogen and oxygen atoms in total. The predicted octanol–water partition coefficient (Wildman–Crippen LogP) is 3.67. The minimum Gasteiger partial charge on any atom is -0.462 e. The monoisotopic (exact) mass is 563 g/mol. The lowest BCUT2D eigenvalue weighted by molar-refractivity contribution is -0.426. The molecule has 0 radical (unpaired) electrons. The molecule has 12 heteroatoms. The lowest BCUT2D eigenvalue weighted by atomic mass is 10.2. The molecule has 0 unspecified atom stereocenters. The Morgan fingerprint density at radius 1 is 1.27 bits per heavy atom. The van der Waals surface area contributed by atoms with Crippen molar-refractivity contribution in [3.8, 4) is 0 Å². The first-order valence-corrected chi connectivity index (χ1v) is 13.1. The standard InChI is InChI=1S/C29H33N5O7/c1-6-8-9-13-21(34(38)39)17-24(35)30-27-23(29(37)40-7-2)18-22-26(32(27)15-11-16-41-19(3)4)31-25-20(5)12-10-14-33(25)28(22)36/h6,8-10,12-14,18-19H,1,7,11,15-17H2,2-5H3/b9-8-,21-13+,30-27?. The molecule has 0 aliphatic rings. The number of fused-ring (bicyclic) bond motifs is 2. The number of ether oxygens (including phenoxy) is 2. The highest BCUT2D eigenvalue weighted by atomic mass is 16.6. The van der Waals surface area contributed by atoms with Gasteiger partial charge in [-0.25, -0.2) is 9.78 Å². The average molecular weight is 564 g/mol. The summed E-state index contributed by atoms with van der Waals surface area (Å²) < 4.78 is 13.8. The molecule has 0 atom stereocenters. The molecule has 3 rings (SSSR count). The Hall–Kier alpha value is -4.71. The Balaban J connectivity index is 2.35. The third kappa shape index (κ3) is 7.48. The fraction of sp³-hybridized carbons (Fsp3) is 0.345. The number of allylic oxidation sites excluding steroid dienone is 4. The zero-order valence-electron chi connectivity index (χ0n) is 23.5. The second-order valence-electron chi connectivity index (χ2n) is 9.28. The summed E-state index contributed by atoms with van der Waals surface area (Å²) in [6.07, 6.45) is 6.83. The summed E-state index contributed by atoms with van der Waals surface area (Å²) in [6, 6.07) is 4.83. The predicted molar refractivity (Wildman–Crippen MR) is 153 cm³/mol. The Bertz CT molecular complexity index is 1680. The van der Waals surface area contributed by atoms with E-state index in [9.17, 15) is 24.5 Å². The van der Waals surface area contributed by atoms with Crippen LogP contribution in [0.25, 0.3) is 16.7 Å². The van der Waals surface area contributed by atoms with Crippen LogP contribution in [0.2, 0.25) is 0 Å². The van der Waals surface area contributed by atoms with Crippen LogP contribution in [0.15, 0.2) is 70.8 Å². The molecule has 0 saturated heterocycles. The molecular formula is C29H33N5O7. The van der Waals surface area contributed by atoms with Crippen molar-refractivity contribution >= 4 is 28.6 Å². The summed E-state index contributed by atoms with van der Waals surface area (Å²) in [4.78, 5) is 59.5. The number of amides is 1. The van der Waals surface area contributed by atoms with Gasteiger partial charge in [-0.3, -0.25) is 24.1 Å². The van der Waals surface area contributed by atoms with Gasteiger partial charge in [0, 0.05) is 25.4 Å². The molecule has 0 aliphatic carbocycles. The fourth-order valence-corrected chi connectivity index (χ4v) is 4.06. The van der Waals surface area contributed by atoms with E-state index in [0.717, 1.165) is 5.56 Å². The molecule has 3 heterocycles. The van der Waals surface area contributed by atoms with Gasteiger partial charge in [0.25, 0.3) is 17.2 Å². The lowest BCUT2D eigenvalue weighted by Gasteiger charge is -2.16. The van der Waals surface area contributed by atoms with Crippen molar-refractivity contribution in [2.75, 3.05) is 13.2 Å². The molecule has 41 heavy (non-hydrogen) atoms. The average Bonchev–Trinajstić information content (AvgIpc) is 2.92. The minimum absolute atomic E-state index is 0.0230. The molecule has 0 aromatic carbocycles. The third-order valence-corrected chi connectivity index (χ3v) is 5.91. The second-order valence-corrected chi connectivity index (χ2v) is 9.28. The molecule has 0 aliphatic heterocycles. The molecule has 1 amide bonds. The van der Waals surface area contributed by atoms with Gasteiger partial charge in [-0.05, 0) is 51.8 Å². The highest BCUT2D eigenvalue weighted by Crippen LogP contribution is 2.15. The molecule has 0 saturated carbocycles. The van der Waals surface area contributed by atoms with Crippen LogP contribution in [0.4, 0.5) is 0 Å². The summed E-state index contributed by atoms with van der Waals surface area (Å²) >= 11 is 0. The largest absolute Gasteiger partial charge is 0.462 e. The third-order valence-electron chi connectivity index (χ3n) is 5.91. The summed E-state index contributed by atoms with van der Waals surface area (Å²) in [6.45, 7) is 11.3. The van der Waals surface area contributed by atoms with E-state index >= 15 is 0 Å². The van der Waals surface area contributed by atoms with Crippen LogP contribution < -0.4 is 11.0 Å². The van der Waals surface area contributed by atoms with Gasteiger partial charge in [0.2, 0.25) is 0 Å². The second kappa shape index (κ2) is 14.1. The number of pyridine rings is 2. The van der Waals surface area contributed by atoms with Crippen LogP contribution in [0, 0.1) is 17.0 Å². The van der Waals surface area contributed by atoms with E-state index in [1.54, 1.807) is 19.2 Å². The fourth-order valence-electron chi connectivity index (χ4n) is 4.06. The van der Waals surface area contributed by atoms with Crippen molar-refractivity contribution in [2.45, 2.75) is 53.2 Å². The van der Waals surface area contributed by atoms with Crippen LogP contribution in [0.5, 0.6) is 0 Å². The number of hydrogen-bond acceptors (Lipinski definition) is 8. The number of aryl methyl sites for hydroxylation is 2. The first-order chi connectivity index (χ1) is 19.6. The van der Waals surface area contributed by atoms with E-state index in [4.69, 9.17) is 14.5 Å². The van der Waals surface area contributed by atoms with Gasteiger partial charge in [-0.1, -0.05) is 30.9 Å². The van der Waals surface area contributed by atoms with Crippen molar-refractivity contribution < 1.29 is 24.0 Å². The molecule has 3 aromatic rings. The number of nitrogens with zero attached hydrogens (tertiary/aromatic N) is 5. The molecule has 0 fully saturated rings. The summed E-state index contributed by atoms with van der Waals surface area (Å²) in [5, 5.41) is 11.7. The van der Waals surface area contributed by atoms with Crippen LogP contribution >= 0.6 is 0 Å². The minimum atomic E-state index is -0.870. The van der Waals surface area contributed by atoms with Crippen molar-refractivity contribution in [1.82, 2.24) is 14.0 Å². The Kier molecular flexibility index (Phi) is 10.6. The summed E-state index contributed by atoms with van der Waals surface area (Å²) in [5.41, 5.74) is 0.265. The van der Waals surface area contributed by atoms with Crippen molar-refractivity contribution in [1.29, 1.82) is 0 Å². The highest BCUT2D eigenvalue weighted by molar-refractivity contribution is 5.94. The summed E-state index contributed by atoms with van der Waals surface area (Å²) in [5.74, 6) is -1.67. The number of carbonyl (C=O) groups is 2. The normalized spacial score (nSPS) is 12.5. The number of rotatable bonds is 12. The summed E-state index contributed by atoms with van der Waals surface area (Å²) in [7, 11) is 0. The zero-order chi connectivity index (χ0) is 30.1. The Labute approximate surface area is 236 Å². The molecule has 0 spiro atoms. The maximum Gasteiger partial charge on any atom is 0.341 e. The zero-order valence-corrected chi connectivity index (χ0v) is 23.5. The van der Waals surface area contributed by atoms with E-state index in [1.807, 2.05) is 26.8 Å². The SMILES string of the molecule is C=C/C=C\C=C(/CC(=O)N=c1c(C(=O)OCC)cc2c(=O)n3cccc(C)c3nc2n1CCCOC(C)C)[N+](=O)[O-]. The van der Waals surface area contributed by atoms with E-state index in [1.165, 1.54) is 39.3 Å². The number of nitro groups is 1. The quantitative estimate of drug-likeness (QED) is 0.0810. The smallest absolute Gasteiger partial charge is 0.341 e. The van der Waals surface area contributed by atoms with Crippen LogP contribution in [-0.4, -0.2) is 50.1 Å². The van der Waals surface area contributed by atoms with Gasteiger partial charge >= 0.3 is 5.97 Å². The van der Waals surface area contributed by atoms with Gasteiger partial charge in [0.15, 0.2) is 5.49 Å². The van der Waals surface area contributed by atoms with E-state index in [-0.39, 0.29) is 41.3 Å². The van der Waals surface area contributed by atoms with E-state index in [0.29, 0.717) is 18.7 Å². The molecule has 0 N–H and O–H groups in total. The molecule has 3 aromatic heterocycles. The number of carbonyl (C=O) groups excluding carboxylic acids is 2. The van der Waals surface area contributed by atoms with Crippen molar-refractivity contribution in [3.63, 3.8) is 0 Å². The van der Waals surface area contributed by atoms with E-state index < -0.39 is 34.5 Å². The van der Waals surface area contributed by atoms with E-state index in [2.05, 4.69) is 11.6 Å². The van der Waals surface area contributed by atoms with Crippen molar-refractivity contribution in [3.05, 3.63) is 98.1 Å². The number of esters is 1. The van der Waals surface area contributed by atoms with Gasteiger partial charge in [-0.2, -0.15) is 4.99 Å². The van der Waals surface area contributed by atoms with Crippen molar-refractivity contribution in [2.24, 2.45) is 4.99 Å². The Morgan fingerprint density at radius 3 is 2.68 bits per heavy atom. The van der Waals surface area contributed by atoms with Gasteiger partial charge in [0.1, 0.15) is 23.3 Å². The lowest BCUT2D eigenvalue weighted by Crippen LogP contribution is -2.33. The topological polar surface area (TPSA) is 147 Å². The van der Waals surface area contributed by atoms with Crippen LogP contribution in [-0.2, 0) is 20.8 Å². The first kappa shape index (κ1) is 30.8. The molecular weight excluding hydrogens is 530 g/mol. The molecule has 0 bridgehead atoms. The maximum absolute atomic E-state index is 13.6.